The third kappa shape index (κ3) is 6.00. The summed E-state index contributed by atoms with van der Waals surface area (Å²) in [5.74, 6) is 0.534. The number of benzene rings is 2. The minimum Gasteiger partial charge on any atom is -0.490 e. The van der Waals surface area contributed by atoms with Crippen molar-refractivity contribution in [3.63, 3.8) is 0 Å². The van der Waals surface area contributed by atoms with E-state index < -0.39 is 5.97 Å². The van der Waals surface area contributed by atoms with Crippen LogP contribution in [0.5, 0.6) is 11.5 Å². The van der Waals surface area contributed by atoms with Crippen molar-refractivity contribution in [3.8, 4) is 11.5 Å². The average Bonchev–Trinajstić information content (AvgIpc) is 3.12. The minimum absolute atomic E-state index is 0.0334. The summed E-state index contributed by atoms with van der Waals surface area (Å²) in [7, 11) is 3.33. The summed E-state index contributed by atoms with van der Waals surface area (Å²) >= 11 is 0. The molecule has 0 unspecified atom stereocenters. The summed E-state index contributed by atoms with van der Waals surface area (Å²) < 4.78 is 16.7. The SMILES string of the molecule is CCOc1cc(C=C2N=C(c3ccc(C(C)(C)C)cc3)OC2=O)ccc1OCC(=O)N(C)C. The topological polar surface area (TPSA) is 77.4 Å². The van der Waals surface area contributed by atoms with E-state index in [4.69, 9.17) is 14.2 Å². The Labute approximate surface area is 194 Å². The molecule has 33 heavy (non-hydrogen) atoms. The fraction of sp³-hybridized carbons (Fsp3) is 0.346. The van der Waals surface area contributed by atoms with Crippen molar-refractivity contribution in [1.29, 1.82) is 0 Å². The highest BCUT2D eigenvalue weighted by Gasteiger charge is 2.25. The molecule has 0 atom stereocenters. The van der Waals surface area contributed by atoms with Crippen molar-refractivity contribution in [2.75, 3.05) is 27.3 Å². The number of nitrogens with zero attached hydrogens (tertiary/aromatic N) is 2. The lowest BCUT2D eigenvalue weighted by atomic mass is 9.87. The first-order valence-electron chi connectivity index (χ1n) is 10.8. The number of carbonyl (C=O) groups excluding carboxylic acids is 2. The molecule has 0 bridgehead atoms. The van der Waals surface area contributed by atoms with Crippen LogP contribution in [-0.2, 0) is 19.7 Å². The van der Waals surface area contributed by atoms with E-state index in [1.54, 1.807) is 38.4 Å². The zero-order valence-corrected chi connectivity index (χ0v) is 20.0. The lowest BCUT2D eigenvalue weighted by Crippen LogP contribution is -2.27. The molecule has 0 radical (unpaired) electrons. The summed E-state index contributed by atoms with van der Waals surface area (Å²) in [4.78, 5) is 30.1. The monoisotopic (exact) mass is 450 g/mol. The second-order valence-corrected chi connectivity index (χ2v) is 8.88. The third-order valence-corrected chi connectivity index (χ3v) is 5.04. The fourth-order valence-corrected chi connectivity index (χ4v) is 3.07. The Morgan fingerprint density at radius 3 is 2.36 bits per heavy atom. The van der Waals surface area contributed by atoms with Crippen LogP contribution < -0.4 is 9.47 Å². The molecular weight excluding hydrogens is 420 g/mol. The lowest BCUT2D eigenvalue weighted by Gasteiger charge is -2.18. The van der Waals surface area contributed by atoms with E-state index in [0.717, 1.165) is 5.56 Å². The number of esters is 1. The highest BCUT2D eigenvalue weighted by molar-refractivity contribution is 6.12. The number of rotatable bonds is 7. The molecule has 2 aromatic carbocycles. The van der Waals surface area contributed by atoms with Crippen LogP contribution in [0.15, 0.2) is 53.2 Å². The molecule has 174 valence electrons. The molecule has 0 aromatic heterocycles. The van der Waals surface area contributed by atoms with E-state index in [9.17, 15) is 9.59 Å². The van der Waals surface area contributed by atoms with Crippen molar-refractivity contribution in [1.82, 2.24) is 4.90 Å². The van der Waals surface area contributed by atoms with Gasteiger partial charge in [0.05, 0.1) is 6.61 Å². The van der Waals surface area contributed by atoms with Gasteiger partial charge in [-0.1, -0.05) is 39.0 Å². The predicted molar refractivity (Wildman–Crippen MR) is 128 cm³/mol. The van der Waals surface area contributed by atoms with Gasteiger partial charge in [0.25, 0.3) is 5.91 Å². The number of likely N-dealkylation sites (N-methyl/N-ethyl adjacent to an activating group) is 1. The minimum atomic E-state index is -0.514. The zero-order valence-electron chi connectivity index (χ0n) is 20.0. The van der Waals surface area contributed by atoms with Gasteiger partial charge in [-0.15, -0.1) is 0 Å². The maximum absolute atomic E-state index is 12.4. The van der Waals surface area contributed by atoms with E-state index in [1.807, 2.05) is 31.2 Å². The molecule has 0 aliphatic carbocycles. The number of aliphatic imine (C=N–C) groups is 1. The number of amides is 1. The van der Waals surface area contributed by atoms with Gasteiger partial charge in [-0.2, -0.15) is 0 Å². The van der Waals surface area contributed by atoms with Crippen molar-refractivity contribution in [2.24, 2.45) is 4.99 Å². The highest BCUT2D eigenvalue weighted by Crippen LogP contribution is 2.30. The third-order valence-electron chi connectivity index (χ3n) is 5.04. The van der Waals surface area contributed by atoms with Gasteiger partial charge >= 0.3 is 5.97 Å². The van der Waals surface area contributed by atoms with Gasteiger partial charge in [-0.3, -0.25) is 4.79 Å². The van der Waals surface area contributed by atoms with Gasteiger partial charge in [-0.05, 0) is 53.8 Å². The summed E-state index contributed by atoms with van der Waals surface area (Å²) in [5.41, 5.74) is 2.86. The number of carbonyl (C=O) groups is 2. The molecule has 0 spiro atoms. The second-order valence-electron chi connectivity index (χ2n) is 8.88. The smallest absolute Gasteiger partial charge is 0.363 e. The lowest BCUT2D eigenvalue weighted by molar-refractivity contribution is -0.131. The normalized spacial score (nSPS) is 14.7. The quantitative estimate of drug-likeness (QED) is 0.467. The molecule has 0 saturated carbocycles. The predicted octanol–water partition coefficient (Wildman–Crippen LogP) is 4.19. The van der Waals surface area contributed by atoms with Crippen molar-refractivity contribution < 1.29 is 23.8 Å². The Morgan fingerprint density at radius 2 is 1.76 bits per heavy atom. The van der Waals surface area contributed by atoms with Gasteiger partial charge in [0.2, 0.25) is 5.90 Å². The van der Waals surface area contributed by atoms with Crippen molar-refractivity contribution in [2.45, 2.75) is 33.1 Å². The Hall–Kier alpha value is -3.61. The molecule has 0 fully saturated rings. The Kier molecular flexibility index (Phi) is 7.21. The first kappa shape index (κ1) is 24.0. The van der Waals surface area contributed by atoms with Crippen LogP contribution in [0.2, 0.25) is 0 Å². The standard InChI is InChI=1S/C26H30N2O5/c1-7-31-22-15-17(8-13-21(22)32-16-23(29)28(5)6)14-20-25(30)33-24(27-20)18-9-11-19(12-10-18)26(2,3)4/h8-15H,7,16H2,1-6H3. The van der Waals surface area contributed by atoms with Crippen LogP contribution in [0.1, 0.15) is 44.4 Å². The van der Waals surface area contributed by atoms with Crippen LogP contribution in [-0.4, -0.2) is 50.0 Å². The van der Waals surface area contributed by atoms with Crippen LogP contribution in [0.3, 0.4) is 0 Å². The van der Waals surface area contributed by atoms with E-state index in [-0.39, 0.29) is 29.5 Å². The number of ether oxygens (including phenoxy) is 3. The largest absolute Gasteiger partial charge is 0.490 e. The van der Waals surface area contributed by atoms with Crippen LogP contribution in [0.25, 0.3) is 6.08 Å². The molecule has 7 heteroatoms. The highest BCUT2D eigenvalue weighted by atomic mass is 16.6. The average molecular weight is 451 g/mol. The Morgan fingerprint density at radius 1 is 1.06 bits per heavy atom. The van der Waals surface area contributed by atoms with Crippen LogP contribution in [0, 0.1) is 0 Å². The Bertz CT molecular complexity index is 1090. The maximum atomic E-state index is 12.4. The maximum Gasteiger partial charge on any atom is 0.363 e. The molecule has 1 amide bonds. The molecule has 0 N–H and O–H groups in total. The van der Waals surface area contributed by atoms with E-state index in [2.05, 4.69) is 25.8 Å². The molecule has 3 rings (SSSR count). The number of hydrogen-bond donors (Lipinski definition) is 0. The zero-order chi connectivity index (χ0) is 24.2. The van der Waals surface area contributed by atoms with Gasteiger partial charge in [-0.25, -0.2) is 9.79 Å². The first-order chi connectivity index (χ1) is 15.6. The summed E-state index contributed by atoms with van der Waals surface area (Å²) in [6, 6.07) is 13.1. The molecule has 1 heterocycles. The van der Waals surface area contributed by atoms with Crippen LogP contribution in [0.4, 0.5) is 0 Å². The summed E-state index contributed by atoms with van der Waals surface area (Å²) in [6.07, 6.45) is 1.64. The molecule has 2 aromatic rings. The number of hydrogen-bond acceptors (Lipinski definition) is 6. The van der Waals surface area contributed by atoms with E-state index in [1.165, 1.54) is 10.5 Å². The number of cyclic esters (lactones) is 1. The second kappa shape index (κ2) is 9.90. The van der Waals surface area contributed by atoms with Gasteiger partial charge in [0.15, 0.2) is 23.8 Å². The summed E-state index contributed by atoms with van der Waals surface area (Å²) in [6.45, 7) is 8.61. The molecule has 1 aliphatic heterocycles. The first-order valence-corrected chi connectivity index (χ1v) is 10.8. The molecule has 0 saturated heterocycles. The van der Waals surface area contributed by atoms with Crippen molar-refractivity contribution in [3.05, 3.63) is 64.9 Å². The van der Waals surface area contributed by atoms with E-state index >= 15 is 0 Å². The fourth-order valence-electron chi connectivity index (χ4n) is 3.07. The molecule has 1 aliphatic rings. The Balaban J connectivity index is 1.82. The van der Waals surface area contributed by atoms with Gasteiger partial charge in [0.1, 0.15) is 0 Å². The van der Waals surface area contributed by atoms with E-state index in [0.29, 0.717) is 23.7 Å². The molecular formula is C26H30N2O5. The van der Waals surface area contributed by atoms with Gasteiger partial charge < -0.3 is 19.1 Å². The molecule has 7 nitrogen and oxygen atoms in total. The van der Waals surface area contributed by atoms with Crippen molar-refractivity contribution >= 4 is 23.9 Å². The summed E-state index contributed by atoms with van der Waals surface area (Å²) in [5, 5.41) is 0. The van der Waals surface area contributed by atoms with Gasteiger partial charge in [0, 0.05) is 19.7 Å². The van der Waals surface area contributed by atoms with Crippen LogP contribution >= 0.6 is 0 Å².